The van der Waals surface area contributed by atoms with Crippen molar-refractivity contribution in [2.75, 3.05) is 13.1 Å². The summed E-state index contributed by atoms with van der Waals surface area (Å²) in [4.78, 5) is 12.6. The normalized spacial score (nSPS) is 25.2. The molecule has 1 aliphatic heterocycles. The molecule has 1 fully saturated rings. The van der Waals surface area contributed by atoms with E-state index in [0.29, 0.717) is 0 Å². The molecule has 4 nitrogen and oxygen atoms in total. The van der Waals surface area contributed by atoms with Gasteiger partial charge in [0.2, 0.25) is 5.91 Å². The Morgan fingerprint density at radius 3 is 2.39 bits per heavy atom. The number of carbonyl (C=O) groups is 1. The lowest BCUT2D eigenvalue weighted by molar-refractivity contribution is -0.135. The van der Waals surface area contributed by atoms with Crippen LogP contribution in [0.25, 0.3) is 0 Å². The Morgan fingerprint density at radius 2 is 2.00 bits per heavy atom. The first-order chi connectivity index (χ1) is 8.15. The number of carbonyl (C=O) groups excluding carboxylic acids is 1. The summed E-state index contributed by atoms with van der Waals surface area (Å²) >= 11 is 0. The second-order valence-corrected chi connectivity index (χ2v) is 6.60. The third-order valence-electron chi connectivity index (χ3n) is 4.41. The van der Waals surface area contributed by atoms with Crippen molar-refractivity contribution < 1.29 is 9.90 Å². The van der Waals surface area contributed by atoms with Gasteiger partial charge in [0.1, 0.15) is 0 Å². The van der Waals surface area contributed by atoms with Gasteiger partial charge in [0, 0.05) is 6.54 Å². The van der Waals surface area contributed by atoms with E-state index in [9.17, 15) is 9.90 Å². The fraction of sp³-hybridized carbons (Fsp3) is 0.929. The van der Waals surface area contributed by atoms with Gasteiger partial charge in [-0.2, -0.15) is 0 Å². The largest absolute Gasteiger partial charge is 0.388 e. The molecule has 0 aromatic heterocycles. The average Bonchev–Trinajstić information content (AvgIpc) is 2.65. The average molecular weight is 256 g/mol. The Labute approximate surface area is 111 Å². The zero-order valence-corrected chi connectivity index (χ0v) is 12.4. The highest BCUT2D eigenvalue weighted by Crippen LogP contribution is 2.33. The highest BCUT2D eigenvalue weighted by atomic mass is 16.3. The van der Waals surface area contributed by atoms with E-state index in [4.69, 9.17) is 0 Å². The monoisotopic (exact) mass is 256 g/mol. The number of hydrogen-bond donors (Lipinski definition) is 3. The van der Waals surface area contributed by atoms with Crippen LogP contribution in [-0.2, 0) is 4.79 Å². The van der Waals surface area contributed by atoms with Gasteiger partial charge in [-0.25, -0.2) is 0 Å². The van der Waals surface area contributed by atoms with E-state index in [1.807, 2.05) is 13.8 Å². The predicted molar refractivity (Wildman–Crippen MR) is 73.3 cm³/mol. The van der Waals surface area contributed by atoms with Gasteiger partial charge in [-0.1, -0.05) is 13.3 Å². The van der Waals surface area contributed by atoms with Crippen molar-refractivity contribution in [1.82, 2.24) is 10.6 Å². The Hall–Kier alpha value is -0.610. The lowest BCUT2D eigenvalue weighted by Gasteiger charge is -2.40. The molecule has 0 radical (unpaired) electrons. The van der Waals surface area contributed by atoms with Gasteiger partial charge in [0.05, 0.1) is 16.6 Å². The fourth-order valence-corrected chi connectivity index (χ4v) is 2.31. The Bertz CT molecular complexity index is 299. The van der Waals surface area contributed by atoms with Crippen molar-refractivity contribution in [2.45, 2.75) is 65.0 Å². The van der Waals surface area contributed by atoms with Crippen LogP contribution in [0.3, 0.4) is 0 Å². The molecule has 0 aromatic rings. The first-order valence-corrected chi connectivity index (χ1v) is 6.90. The molecule has 3 N–H and O–H groups in total. The van der Waals surface area contributed by atoms with Crippen LogP contribution in [0.4, 0.5) is 0 Å². The van der Waals surface area contributed by atoms with Crippen LogP contribution in [-0.4, -0.2) is 35.2 Å². The lowest BCUT2D eigenvalue weighted by atomic mass is 9.79. The summed E-state index contributed by atoms with van der Waals surface area (Å²) in [5.41, 5.74) is -1.87. The van der Waals surface area contributed by atoms with Crippen LogP contribution in [0, 0.1) is 5.41 Å². The molecule has 1 heterocycles. The minimum absolute atomic E-state index is 0.0708. The first kappa shape index (κ1) is 15.4. The number of hydrogen-bond acceptors (Lipinski definition) is 3. The Morgan fingerprint density at radius 1 is 1.39 bits per heavy atom. The van der Waals surface area contributed by atoms with Gasteiger partial charge in [-0.05, 0) is 47.1 Å². The number of rotatable bonds is 5. The van der Waals surface area contributed by atoms with Gasteiger partial charge < -0.3 is 15.7 Å². The summed E-state index contributed by atoms with van der Waals surface area (Å²) in [6.45, 7) is 10.9. The fourth-order valence-electron chi connectivity index (χ4n) is 2.31. The van der Waals surface area contributed by atoms with Crippen molar-refractivity contribution in [3.8, 4) is 0 Å². The van der Waals surface area contributed by atoms with Crippen molar-refractivity contribution in [1.29, 1.82) is 0 Å². The summed E-state index contributed by atoms with van der Waals surface area (Å²) < 4.78 is 0. The van der Waals surface area contributed by atoms with Crippen LogP contribution in [0.15, 0.2) is 0 Å². The predicted octanol–water partition coefficient (Wildman–Crippen LogP) is 1.43. The van der Waals surface area contributed by atoms with Gasteiger partial charge in [0.15, 0.2) is 0 Å². The van der Waals surface area contributed by atoms with E-state index in [2.05, 4.69) is 17.6 Å². The Balaban J connectivity index is 2.80. The van der Waals surface area contributed by atoms with E-state index in [1.54, 1.807) is 13.8 Å². The zero-order chi connectivity index (χ0) is 14.0. The van der Waals surface area contributed by atoms with Gasteiger partial charge in [0.25, 0.3) is 0 Å². The van der Waals surface area contributed by atoms with Crippen molar-refractivity contribution in [3.63, 3.8) is 0 Å². The molecule has 0 saturated carbocycles. The third kappa shape index (κ3) is 3.04. The second kappa shape index (κ2) is 5.17. The van der Waals surface area contributed by atoms with Crippen LogP contribution >= 0.6 is 0 Å². The quantitative estimate of drug-likeness (QED) is 0.697. The molecule has 1 aliphatic rings. The molecule has 4 heteroatoms. The highest BCUT2D eigenvalue weighted by molar-refractivity contribution is 5.84. The van der Waals surface area contributed by atoms with Crippen molar-refractivity contribution in [3.05, 3.63) is 0 Å². The first-order valence-electron chi connectivity index (χ1n) is 6.90. The molecule has 1 rings (SSSR count). The molecule has 1 atom stereocenters. The summed E-state index contributed by atoms with van der Waals surface area (Å²) in [5, 5.41) is 16.4. The maximum atomic E-state index is 12.6. The van der Waals surface area contributed by atoms with E-state index >= 15 is 0 Å². The molecule has 0 aliphatic carbocycles. The van der Waals surface area contributed by atoms with Crippen molar-refractivity contribution >= 4 is 5.91 Å². The standard InChI is InChI=1S/C14H28N2O2/c1-6-7-14(8-9-15-10-14)11(17)16-12(2,3)13(4,5)18/h15,18H,6-10H2,1-5H3,(H,16,17). The lowest BCUT2D eigenvalue weighted by Crippen LogP contribution is -2.60. The summed E-state index contributed by atoms with van der Waals surface area (Å²) in [7, 11) is 0. The van der Waals surface area contributed by atoms with E-state index in [-0.39, 0.29) is 11.3 Å². The topological polar surface area (TPSA) is 61.4 Å². The number of nitrogens with one attached hydrogen (secondary N) is 2. The molecule has 1 amide bonds. The van der Waals surface area contributed by atoms with E-state index < -0.39 is 11.1 Å². The van der Waals surface area contributed by atoms with E-state index in [0.717, 1.165) is 32.4 Å². The summed E-state index contributed by atoms with van der Waals surface area (Å²) in [6.07, 6.45) is 2.78. The second-order valence-electron chi connectivity index (χ2n) is 6.60. The molecular formula is C14H28N2O2. The highest BCUT2D eigenvalue weighted by Gasteiger charge is 2.44. The molecule has 18 heavy (non-hydrogen) atoms. The van der Waals surface area contributed by atoms with Gasteiger partial charge >= 0.3 is 0 Å². The van der Waals surface area contributed by atoms with Crippen LogP contribution in [0.2, 0.25) is 0 Å². The molecule has 0 bridgehead atoms. The summed E-state index contributed by atoms with van der Waals surface area (Å²) in [6, 6.07) is 0. The third-order valence-corrected chi connectivity index (χ3v) is 4.41. The molecule has 1 unspecified atom stereocenters. The zero-order valence-electron chi connectivity index (χ0n) is 12.4. The molecule has 0 aromatic carbocycles. The van der Waals surface area contributed by atoms with Gasteiger partial charge in [-0.15, -0.1) is 0 Å². The minimum atomic E-state index is -0.942. The van der Waals surface area contributed by atoms with Gasteiger partial charge in [-0.3, -0.25) is 4.79 Å². The maximum Gasteiger partial charge on any atom is 0.228 e. The van der Waals surface area contributed by atoms with Crippen LogP contribution in [0.1, 0.15) is 53.9 Å². The van der Waals surface area contributed by atoms with Crippen molar-refractivity contribution in [2.24, 2.45) is 5.41 Å². The molecular weight excluding hydrogens is 228 g/mol. The Kier molecular flexibility index (Phi) is 4.44. The SMILES string of the molecule is CCCC1(C(=O)NC(C)(C)C(C)(C)O)CCNC1. The van der Waals surface area contributed by atoms with Crippen LogP contribution < -0.4 is 10.6 Å². The minimum Gasteiger partial charge on any atom is -0.388 e. The smallest absolute Gasteiger partial charge is 0.228 e. The molecule has 1 saturated heterocycles. The molecule has 106 valence electrons. The maximum absolute atomic E-state index is 12.6. The number of amides is 1. The van der Waals surface area contributed by atoms with Crippen LogP contribution in [0.5, 0.6) is 0 Å². The molecule has 0 spiro atoms. The van der Waals surface area contributed by atoms with E-state index in [1.165, 1.54) is 0 Å². The summed E-state index contributed by atoms with van der Waals surface area (Å²) in [5.74, 6) is 0.0708. The number of aliphatic hydroxyl groups is 1.